The SMILES string of the molecule is Cc1cc(C)c(C(=O)CC2(O)C(=O)N(C)c3ccccc32)c(C)c1. The third kappa shape index (κ3) is 2.34. The number of anilines is 1. The molecule has 4 nitrogen and oxygen atoms in total. The molecule has 0 bridgehead atoms. The molecule has 0 radical (unpaired) electrons. The summed E-state index contributed by atoms with van der Waals surface area (Å²) in [6.45, 7) is 5.75. The minimum atomic E-state index is -1.80. The number of carbonyl (C=O) groups excluding carboxylic acids is 2. The summed E-state index contributed by atoms with van der Waals surface area (Å²) in [5, 5.41) is 11.0. The van der Waals surface area contributed by atoms with Crippen molar-refractivity contribution in [3.63, 3.8) is 0 Å². The third-order valence-electron chi connectivity index (χ3n) is 4.74. The van der Waals surface area contributed by atoms with Crippen molar-refractivity contribution in [3.8, 4) is 0 Å². The summed E-state index contributed by atoms with van der Waals surface area (Å²) in [6, 6.07) is 11.0. The number of carbonyl (C=O) groups is 2. The summed E-state index contributed by atoms with van der Waals surface area (Å²) in [5.74, 6) is -0.676. The predicted molar refractivity (Wildman–Crippen MR) is 93.3 cm³/mol. The fraction of sp³-hybridized carbons (Fsp3) is 0.300. The zero-order valence-corrected chi connectivity index (χ0v) is 14.4. The molecule has 0 aliphatic carbocycles. The van der Waals surface area contributed by atoms with Crippen LogP contribution in [0.15, 0.2) is 36.4 Å². The van der Waals surface area contributed by atoms with E-state index in [4.69, 9.17) is 0 Å². The zero-order chi connectivity index (χ0) is 17.6. The van der Waals surface area contributed by atoms with E-state index in [2.05, 4.69) is 0 Å². The standard InChI is InChI=1S/C20H21NO3/c1-12-9-13(2)18(14(3)10-12)17(22)11-20(24)15-7-5-6-8-16(15)21(4)19(20)23/h5-10,24H,11H2,1-4H3. The van der Waals surface area contributed by atoms with Crippen LogP contribution in [0, 0.1) is 20.8 Å². The summed E-state index contributed by atoms with van der Waals surface area (Å²) in [6.07, 6.45) is -0.252. The minimum absolute atomic E-state index is 0.217. The van der Waals surface area contributed by atoms with Crippen LogP contribution in [-0.2, 0) is 10.4 Å². The van der Waals surface area contributed by atoms with Crippen LogP contribution in [0.5, 0.6) is 0 Å². The molecular formula is C20H21NO3. The van der Waals surface area contributed by atoms with Gasteiger partial charge in [0.1, 0.15) is 0 Å². The number of para-hydroxylation sites is 1. The number of fused-ring (bicyclic) bond motifs is 1. The fourth-order valence-electron chi connectivity index (χ4n) is 3.73. The minimum Gasteiger partial charge on any atom is -0.375 e. The van der Waals surface area contributed by atoms with Gasteiger partial charge in [-0.3, -0.25) is 9.59 Å². The molecule has 0 saturated heterocycles. The molecule has 1 heterocycles. The average Bonchev–Trinajstić information content (AvgIpc) is 2.69. The van der Waals surface area contributed by atoms with Crippen LogP contribution in [0.25, 0.3) is 0 Å². The lowest BCUT2D eigenvalue weighted by atomic mass is 9.85. The van der Waals surface area contributed by atoms with Crippen molar-refractivity contribution in [3.05, 3.63) is 64.2 Å². The van der Waals surface area contributed by atoms with E-state index in [1.165, 1.54) is 4.90 Å². The molecule has 24 heavy (non-hydrogen) atoms. The first-order valence-corrected chi connectivity index (χ1v) is 7.97. The van der Waals surface area contributed by atoms with Crippen LogP contribution < -0.4 is 4.90 Å². The maximum Gasteiger partial charge on any atom is 0.263 e. The fourth-order valence-corrected chi connectivity index (χ4v) is 3.73. The second kappa shape index (κ2) is 5.56. The molecule has 3 rings (SSSR count). The van der Waals surface area contributed by atoms with Gasteiger partial charge in [0, 0.05) is 18.2 Å². The van der Waals surface area contributed by atoms with E-state index in [9.17, 15) is 14.7 Å². The molecule has 1 N–H and O–H groups in total. The summed E-state index contributed by atoms with van der Waals surface area (Å²) in [4.78, 5) is 26.9. The second-order valence-electron chi connectivity index (χ2n) is 6.62. The van der Waals surface area contributed by atoms with Crippen molar-refractivity contribution in [2.75, 3.05) is 11.9 Å². The topological polar surface area (TPSA) is 57.6 Å². The molecule has 4 heteroatoms. The van der Waals surface area contributed by atoms with Crippen LogP contribution in [0.3, 0.4) is 0 Å². The molecule has 2 aromatic rings. The van der Waals surface area contributed by atoms with Crippen molar-refractivity contribution >= 4 is 17.4 Å². The molecule has 1 atom stereocenters. The third-order valence-corrected chi connectivity index (χ3v) is 4.74. The number of ketones is 1. The molecule has 1 aliphatic heterocycles. The Labute approximate surface area is 141 Å². The van der Waals surface area contributed by atoms with Gasteiger partial charge in [-0.1, -0.05) is 35.9 Å². The van der Waals surface area contributed by atoms with E-state index in [0.29, 0.717) is 16.8 Å². The number of benzene rings is 2. The highest BCUT2D eigenvalue weighted by Crippen LogP contribution is 2.42. The molecule has 1 aliphatic rings. The van der Waals surface area contributed by atoms with Crippen molar-refractivity contribution in [2.24, 2.45) is 0 Å². The molecule has 124 valence electrons. The van der Waals surface area contributed by atoms with Gasteiger partial charge >= 0.3 is 0 Å². The highest BCUT2D eigenvalue weighted by atomic mass is 16.3. The van der Waals surface area contributed by atoms with Crippen LogP contribution in [-0.4, -0.2) is 23.8 Å². The van der Waals surface area contributed by atoms with Crippen LogP contribution in [0.1, 0.15) is 39.0 Å². The highest BCUT2D eigenvalue weighted by Gasteiger charge is 2.49. The van der Waals surface area contributed by atoms with E-state index < -0.39 is 11.5 Å². The molecule has 0 aromatic heterocycles. The normalized spacial score (nSPS) is 19.5. The number of hydrogen-bond acceptors (Lipinski definition) is 3. The highest BCUT2D eigenvalue weighted by molar-refractivity contribution is 6.11. The van der Waals surface area contributed by atoms with Gasteiger partial charge in [-0.05, 0) is 38.0 Å². The first-order chi connectivity index (χ1) is 11.3. The van der Waals surface area contributed by atoms with Gasteiger partial charge in [0.15, 0.2) is 11.4 Å². The van der Waals surface area contributed by atoms with E-state index in [-0.39, 0.29) is 12.2 Å². The van der Waals surface area contributed by atoms with Crippen LogP contribution in [0.2, 0.25) is 0 Å². The maximum atomic E-state index is 12.9. The van der Waals surface area contributed by atoms with Gasteiger partial charge < -0.3 is 10.0 Å². The van der Waals surface area contributed by atoms with Gasteiger partial charge in [0.2, 0.25) is 0 Å². The number of likely N-dealkylation sites (N-methyl/N-ethyl adjacent to an activating group) is 1. The Bertz CT molecular complexity index is 833. The quantitative estimate of drug-likeness (QED) is 0.883. The molecule has 1 unspecified atom stereocenters. The number of Topliss-reactive ketones (excluding diaryl/α,β-unsaturated/α-hetero) is 1. The molecule has 0 saturated carbocycles. The molecular weight excluding hydrogens is 302 g/mol. The Morgan fingerprint density at radius 2 is 1.71 bits per heavy atom. The number of amides is 1. The Morgan fingerprint density at radius 3 is 2.33 bits per heavy atom. The first-order valence-electron chi connectivity index (χ1n) is 7.97. The van der Waals surface area contributed by atoms with Crippen LogP contribution in [0.4, 0.5) is 5.69 Å². The Hall–Kier alpha value is -2.46. The van der Waals surface area contributed by atoms with E-state index in [0.717, 1.165) is 16.7 Å². The molecule has 0 spiro atoms. The van der Waals surface area contributed by atoms with Gasteiger partial charge in [0.05, 0.1) is 12.1 Å². The Balaban J connectivity index is 2.02. The van der Waals surface area contributed by atoms with E-state index in [1.807, 2.05) is 39.0 Å². The lowest BCUT2D eigenvalue weighted by Gasteiger charge is -2.22. The van der Waals surface area contributed by atoms with Crippen molar-refractivity contribution < 1.29 is 14.7 Å². The first kappa shape index (κ1) is 16.4. The number of aryl methyl sites for hydroxylation is 3. The summed E-state index contributed by atoms with van der Waals surface area (Å²) >= 11 is 0. The zero-order valence-electron chi connectivity index (χ0n) is 14.4. The Kier molecular flexibility index (Phi) is 3.80. The maximum absolute atomic E-state index is 12.9. The van der Waals surface area contributed by atoms with E-state index >= 15 is 0 Å². The summed E-state index contributed by atoms with van der Waals surface area (Å²) in [7, 11) is 1.62. The van der Waals surface area contributed by atoms with Gasteiger partial charge in [-0.25, -0.2) is 0 Å². The van der Waals surface area contributed by atoms with Gasteiger partial charge in [-0.2, -0.15) is 0 Å². The monoisotopic (exact) mass is 323 g/mol. The number of rotatable bonds is 3. The average molecular weight is 323 g/mol. The number of aliphatic hydroxyl groups is 1. The van der Waals surface area contributed by atoms with Crippen molar-refractivity contribution in [1.29, 1.82) is 0 Å². The molecule has 0 fully saturated rings. The predicted octanol–water partition coefficient (Wildman–Crippen LogP) is 3.05. The summed E-state index contributed by atoms with van der Waals surface area (Å²) < 4.78 is 0. The molecule has 2 aromatic carbocycles. The van der Waals surface area contributed by atoms with Gasteiger partial charge in [-0.15, -0.1) is 0 Å². The number of hydrogen-bond donors (Lipinski definition) is 1. The second-order valence-corrected chi connectivity index (χ2v) is 6.62. The van der Waals surface area contributed by atoms with E-state index in [1.54, 1.807) is 25.2 Å². The van der Waals surface area contributed by atoms with Gasteiger partial charge in [0.25, 0.3) is 5.91 Å². The van der Waals surface area contributed by atoms with Crippen LogP contribution >= 0.6 is 0 Å². The summed E-state index contributed by atoms with van der Waals surface area (Å²) in [5.41, 5.74) is 2.76. The van der Waals surface area contributed by atoms with Crippen molar-refractivity contribution in [2.45, 2.75) is 32.8 Å². The molecule has 1 amide bonds. The Morgan fingerprint density at radius 1 is 1.12 bits per heavy atom. The lowest BCUT2D eigenvalue weighted by Crippen LogP contribution is -2.40. The number of nitrogens with zero attached hydrogens (tertiary/aromatic N) is 1. The lowest BCUT2D eigenvalue weighted by molar-refractivity contribution is -0.135. The van der Waals surface area contributed by atoms with Crippen molar-refractivity contribution in [1.82, 2.24) is 0 Å². The largest absolute Gasteiger partial charge is 0.375 e. The smallest absolute Gasteiger partial charge is 0.263 e.